The van der Waals surface area contributed by atoms with Crippen LogP contribution in [0.1, 0.15) is 51.3 Å². The molecule has 0 spiro atoms. The molecule has 0 heterocycles. The van der Waals surface area contributed by atoms with Crippen molar-refractivity contribution in [3.8, 4) is 0 Å². The van der Waals surface area contributed by atoms with Gasteiger partial charge in [-0.1, -0.05) is 45.9 Å². The van der Waals surface area contributed by atoms with E-state index in [1.807, 2.05) is 6.92 Å². The Kier molecular flexibility index (Phi) is 5.21. The monoisotopic (exact) mass is 288 g/mol. The van der Waals surface area contributed by atoms with Crippen molar-refractivity contribution < 1.29 is 13.2 Å². The lowest BCUT2D eigenvalue weighted by atomic mass is 9.77. The van der Waals surface area contributed by atoms with Crippen LogP contribution in [0.2, 0.25) is 0 Å². The van der Waals surface area contributed by atoms with Gasteiger partial charge >= 0.3 is 6.18 Å². The predicted molar refractivity (Wildman–Crippen MR) is 74.7 cm³/mol. The highest BCUT2D eigenvalue weighted by atomic mass is 19.4. The van der Waals surface area contributed by atoms with Crippen LogP contribution in [0.4, 0.5) is 13.2 Å². The first-order valence-corrected chi connectivity index (χ1v) is 6.69. The summed E-state index contributed by atoms with van der Waals surface area (Å²) in [6, 6.07) is 5.08. The molecule has 1 aromatic rings. The average molecular weight is 288 g/mol. The third-order valence-corrected chi connectivity index (χ3v) is 3.91. The van der Waals surface area contributed by atoms with Crippen LogP contribution in [0.5, 0.6) is 0 Å². The smallest absolute Gasteiger partial charge is 0.271 e. The summed E-state index contributed by atoms with van der Waals surface area (Å²) in [5, 5.41) is 0. The molecule has 0 aliphatic carbocycles. The summed E-state index contributed by atoms with van der Waals surface area (Å²) in [7, 11) is 0. The zero-order valence-corrected chi connectivity index (χ0v) is 12.4. The van der Waals surface area contributed by atoms with Gasteiger partial charge in [-0.3, -0.25) is 11.3 Å². The highest BCUT2D eigenvalue weighted by Crippen LogP contribution is 2.38. The van der Waals surface area contributed by atoms with Crippen LogP contribution in [0.3, 0.4) is 0 Å². The molecule has 0 bridgehead atoms. The topological polar surface area (TPSA) is 38.0 Å². The zero-order chi connectivity index (χ0) is 15.6. The second kappa shape index (κ2) is 6.14. The zero-order valence-electron chi connectivity index (χ0n) is 12.4. The Morgan fingerprint density at radius 3 is 2.15 bits per heavy atom. The van der Waals surface area contributed by atoms with Crippen molar-refractivity contribution in [1.82, 2.24) is 5.43 Å². The van der Waals surface area contributed by atoms with E-state index >= 15 is 0 Å². The molecule has 20 heavy (non-hydrogen) atoms. The van der Waals surface area contributed by atoms with Gasteiger partial charge in [0.1, 0.15) is 0 Å². The van der Waals surface area contributed by atoms with Crippen LogP contribution in [0.15, 0.2) is 24.3 Å². The Hall–Kier alpha value is -1.07. The molecular formula is C15H23F3N2. The number of rotatable bonds is 4. The van der Waals surface area contributed by atoms with Crippen molar-refractivity contribution in [3.05, 3.63) is 35.4 Å². The van der Waals surface area contributed by atoms with Gasteiger partial charge in [-0.25, -0.2) is 0 Å². The molecule has 3 N–H and O–H groups in total. The third-order valence-electron chi connectivity index (χ3n) is 3.91. The largest absolute Gasteiger partial charge is 0.416 e. The number of hydrazine groups is 1. The normalized spacial score (nSPS) is 16.0. The van der Waals surface area contributed by atoms with Gasteiger partial charge < -0.3 is 0 Å². The van der Waals surface area contributed by atoms with E-state index < -0.39 is 17.8 Å². The van der Waals surface area contributed by atoms with Gasteiger partial charge in [0, 0.05) is 6.04 Å². The van der Waals surface area contributed by atoms with Crippen LogP contribution in [0.25, 0.3) is 0 Å². The minimum absolute atomic E-state index is 0.0161. The van der Waals surface area contributed by atoms with Gasteiger partial charge in [0.15, 0.2) is 0 Å². The van der Waals surface area contributed by atoms with Crippen molar-refractivity contribution in [2.75, 3.05) is 0 Å². The molecule has 1 aromatic carbocycles. The summed E-state index contributed by atoms with van der Waals surface area (Å²) in [5.41, 5.74) is 2.14. The number of nitrogens with two attached hydrogens (primary N) is 1. The highest BCUT2D eigenvalue weighted by molar-refractivity contribution is 5.32. The molecule has 2 unspecified atom stereocenters. The van der Waals surface area contributed by atoms with Gasteiger partial charge in [-0.15, -0.1) is 0 Å². The van der Waals surface area contributed by atoms with Crippen molar-refractivity contribution in [1.29, 1.82) is 0 Å². The lowest BCUT2D eigenvalue weighted by Gasteiger charge is -2.31. The Morgan fingerprint density at radius 1 is 1.15 bits per heavy atom. The molecule has 2 atom stereocenters. The number of halogens is 3. The number of hydrogen-bond acceptors (Lipinski definition) is 2. The molecule has 0 saturated carbocycles. The quantitative estimate of drug-likeness (QED) is 0.641. The van der Waals surface area contributed by atoms with Crippen LogP contribution < -0.4 is 11.3 Å². The lowest BCUT2D eigenvalue weighted by molar-refractivity contribution is -0.138. The molecule has 0 saturated heterocycles. The summed E-state index contributed by atoms with van der Waals surface area (Å²) in [5.74, 6) is 5.72. The maximum atomic E-state index is 13.0. The van der Waals surface area contributed by atoms with Crippen LogP contribution in [-0.4, -0.2) is 0 Å². The molecule has 0 aliphatic rings. The Bertz CT molecular complexity index is 435. The fourth-order valence-electron chi connectivity index (χ4n) is 2.05. The lowest BCUT2D eigenvalue weighted by Crippen LogP contribution is -2.33. The van der Waals surface area contributed by atoms with Crippen molar-refractivity contribution >= 4 is 0 Å². The maximum absolute atomic E-state index is 13.0. The van der Waals surface area contributed by atoms with Crippen LogP contribution in [0, 0.1) is 11.3 Å². The number of nitrogens with one attached hydrogen (secondary N) is 1. The highest BCUT2D eigenvalue weighted by Gasteiger charge is 2.35. The number of alkyl halides is 3. The van der Waals surface area contributed by atoms with E-state index in [0.717, 1.165) is 6.07 Å². The maximum Gasteiger partial charge on any atom is 0.416 e. The van der Waals surface area contributed by atoms with Gasteiger partial charge in [-0.05, 0) is 29.4 Å². The Balaban J connectivity index is 3.08. The van der Waals surface area contributed by atoms with Crippen LogP contribution in [-0.2, 0) is 6.18 Å². The van der Waals surface area contributed by atoms with E-state index in [9.17, 15) is 13.2 Å². The Morgan fingerprint density at radius 2 is 1.70 bits per heavy atom. The second-order valence-corrected chi connectivity index (χ2v) is 6.31. The van der Waals surface area contributed by atoms with Crippen molar-refractivity contribution in [3.63, 3.8) is 0 Å². The van der Waals surface area contributed by atoms with Gasteiger partial charge in [-0.2, -0.15) is 13.2 Å². The molecule has 5 heteroatoms. The van der Waals surface area contributed by atoms with Gasteiger partial charge in [0.05, 0.1) is 5.56 Å². The molecule has 0 amide bonds. The number of hydrogen-bond donors (Lipinski definition) is 2. The third kappa shape index (κ3) is 4.21. The Labute approximate surface area is 118 Å². The minimum atomic E-state index is -4.36. The van der Waals surface area contributed by atoms with Crippen molar-refractivity contribution in [2.45, 2.75) is 46.3 Å². The molecule has 2 nitrogen and oxygen atoms in total. The second-order valence-electron chi connectivity index (χ2n) is 6.31. The molecule has 0 radical (unpaired) electrons. The SMILES string of the molecule is CC(CC(NN)c1ccccc1C(F)(F)F)C(C)(C)C. The first-order chi connectivity index (χ1) is 9.07. The average Bonchev–Trinajstić information content (AvgIpc) is 2.33. The summed E-state index contributed by atoms with van der Waals surface area (Å²) in [6.45, 7) is 8.24. The molecule has 0 fully saturated rings. The fourth-order valence-corrected chi connectivity index (χ4v) is 2.05. The van der Waals surface area contributed by atoms with Crippen molar-refractivity contribution in [2.24, 2.45) is 17.2 Å². The molecule has 114 valence electrons. The van der Waals surface area contributed by atoms with E-state index in [0.29, 0.717) is 6.42 Å². The summed E-state index contributed by atoms with van der Waals surface area (Å²) in [6.07, 6.45) is -3.82. The van der Waals surface area contributed by atoms with E-state index in [2.05, 4.69) is 26.2 Å². The van der Waals surface area contributed by atoms with E-state index in [4.69, 9.17) is 5.84 Å². The minimum Gasteiger partial charge on any atom is -0.271 e. The first kappa shape index (κ1) is 17.0. The molecule has 0 aromatic heterocycles. The summed E-state index contributed by atoms with van der Waals surface area (Å²) < 4.78 is 39.1. The van der Waals surface area contributed by atoms with E-state index in [-0.39, 0.29) is 16.9 Å². The van der Waals surface area contributed by atoms with E-state index in [1.54, 1.807) is 6.07 Å². The molecule has 1 rings (SSSR count). The van der Waals surface area contributed by atoms with Gasteiger partial charge in [0.25, 0.3) is 0 Å². The fraction of sp³-hybridized carbons (Fsp3) is 0.600. The molecule has 0 aliphatic heterocycles. The summed E-state index contributed by atoms with van der Waals surface area (Å²) in [4.78, 5) is 0. The summed E-state index contributed by atoms with van der Waals surface area (Å²) >= 11 is 0. The van der Waals surface area contributed by atoms with Crippen LogP contribution >= 0.6 is 0 Å². The first-order valence-electron chi connectivity index (χ1n) is 6.69. The number of benzene rings is 1. The molecular weight excluding hydrogens is 265 g/mol. The predicted octanol–water partition coefficient (Wildman–Crippen LogP) is 4.28. The van der Waals surface area contributed by atoms with E-state index in [1.165, 1.54) is 12.1 Å². The standard InChI is InChI=1S/C15H23F3N2/c1-10(14(2,3)4)9-13(20-19)11-7-5-6-8-12(11)15(16,17)18/h5-8,10,13,20H,9,19H2,1-4H3. The van der Waals surface area contributed by atoms with Gasteiger partial charge in [0.2, 0.25) is 0 Å².